The van der Waals surface area contributed by atoms with Crippen molar-refractivity contribution in [2.45, 2.75) is 65.1 Å². The van der Waals surface area contributed by atoms with E-state index in [-0.39, 0.29) is 11.5 Å². The van der Waals surface area contributed by atoms with Crippen molar-refractivity contribution in [3.8, 4) is 0 Å². The van der Waals surface area contributed by atoms with Crippen LogP contribution in [0.1, 0.15) is 52.9 Å². The Morgan fingerprint density at radius 3 is 2.53 bits per heavy atom. The van der Waals surface area contributed by atoms with E-state index < -0.39 is 0 Å². The van der Waals surface area contributed by atoms with Crippen molar-refractivity contribution in [3.63, 3.8) is 0 Å². The first-order valence-corrected chi connectivity index (χ1v) is 8.05. The Balaban J connectivity index is 1.79. The fourth-order valence-corrected chi connectivity index (χ4v) is 3.78. The second-order valence-electron chi connectivity index (χ2n) is 7.04. The first-order valence-electron chi connectivity index (χ1n) is 8.05. The maximum absolute atomic E-state index is 10.5. The zero-order valence-corrected chi connectivity index (χ0v) is 12.9. The van der Waals surface area contributed by atoms with Crippen molar-refractivity contribution < 1.29 is 9.84 Å². The quantitative estimate of drug-likeness (QED) is 0.851. The molecular formula is C16H31NO2. The van der Waals surface area contributed by atoms with Crippen LogP contribution in [0.2, 0.25) is 0 Å². The zero-order chi connectivity index (χ0) is 13.9. The highest BCUT2D eigenvalue weighted by Crippen LogP contribution is 2.39. The fraction of sp³-hybridized carbons (Fsp3) is 1.00. The van der Waals surface area contributed by atoms with Crippen LogP contribution < -0.4 is 0 Å². The molecular weight excluding hydrogens is 238 g/mol. The topological polar surface area (TPSA) is 32.7 Å². The molecule has 3 heteroatoms. The minimum atomic E-state index is -0.133. The standard InChI is InChI=1S/C16H31NO2/c1-4-19-14-7-10-17(11-8-14)12-13-6-5-9-16(2,3)15(13)18/h13-15,18H,4-12H2,1-3H3. The number of rotatable bonds is 4. The van der Waals surface area contributed by atoms with Crippen LogP contribution in [0.5, 0.6) is 0 Å². The first kappa shape index (κ1) is 15.3. The highest BCUT2D eigenvalue weighted by atomic mass is 16.5. The third-order valence-corrected chi connectivity index (χ3v) is 5.07. The summed E-state index contributed by atoms with van der Waals surface area (Å²) in [6.07, 6.45) is 6.26. The van der Waals surface area contributed by atoms with Crippen molar-refractivity contribution >= 4 is 0 Å². The maximum Gasteiger partial charge on any atom is 0.0631 e. The minimum absolute atomic E-state index is 0.104. The van der Waals surface area contributed by atoms with Gasteiger partial charge in [-0.05, 0) is 43.9 Å². The Morgan fingerprint density at radius 2 is 1.89 bits per heavy atom. The predicted octanol–water partition coefficient (Wildman–Crippen LogP) is 2.67. The molecule has 0 aromatic heterocycles. The van der Waals surface area contributed by atoms with Gasteiger partial charge in [0, 0.05) is 26.2 Å². The van der Waals surface area contributed by atoms with Gasteiger partial charge in [-0.15, -0.1) is 0 Å². The molecule has 19 heavy (non-hydrogen) atoms. The summed E-state index contributed by atoms with van der Waals surface area (Å²) in [4.78, 5) is 2.53. The monoisotopic (exact) mass is 269 g/mol. The summed E-state index contributed by atoms with van der Waals surface area (Å²) in [5.74, 6) is 0.465. The van der Waals surface area contributed by atoms with Gasteiger partial charge in [-0.2, -0.15) is 0 Å². The minimum Gasteiger partial charge on any atom is -0.392 e. The average molecular weight is 269 g/mol. The molecule has 0 spiro atoms. The Kier molecular flexibility index (Phi) is 5.27. The molecule has 2 unspecified atom stereocenters. The summed E-state index contributed by atoms with van der Waals surface area (Å²) in [5.41, 5.74) is 0.104. The summed E-state index contributed by atoms with van der Waals surface area (Å²) in [5, 5.41) is 10.5. The summed E-state index contributed by atoms with van der Waals surface area (Å²) in [6.45, 7) is 10.7. The van der Waals surface area contributed by atoms with Crippen LogP contribution >= 0.6 is 0 Å². The van der Waals surface area contributed by atoms with Crippen molar-refractivity contribution in [1.82, 2.24) is 4.90 Å². The lowest BCUT2D eigenvalue weighted by atomic mass is 9.69. The maximum atomic E-state index is 10.5. The summed E-state index contributed by atoms with van der Waals surface area (Å²) in [7, 11) is 0. The van der Waals surface area contributed by atoms with Crippen molar-refractivity contribution in [2.24, 2.45) is 11.3 Å². The molecule has 112 valence electrons. The second-order valence-corrected chi connectivity index (χ2v) is 7.04. The van der Waals surface area contributed by atoms with Crippen molar-refractivity contribution in [3.05, 3.63) is 0 Å². The van der Waals surface area contributed by atoms with E-state index in [1.54, 1.807) is 0 Å². The van der Waals surface area contributed by atoms with E-state index in [1.807, 2.05) is 0 Å². The first-order chi connectivity index (χ1) is 9.03. The zero-order valence-electron chi connectivity index (χ0n) is 12.9. The van der Waals surface area contributed by atoms with Gasteiger partial charge in [0.2, 0.25) is 0 Å². The predicted molar refractivity (Wildman–Crippen MR) is 78.2 cm³/mol. The third-order valence-electron chi connectivity index (χ3n) is 5.07. The molecule has 1 aliphatic carbocycles. The Labute approximate surface area is 118 Å². The van der Waals surface area contributed by atoms with E-state index in [9.17, 15) is 5.11 Å². The molecule has 0 aromatic rings. The van der Waals surface area contributed by atoms with Gasteiger partial charge >= 0.3 is 0 Å². The molecule has 2 rings (SSSR count). The van der Waals surface area contributed by atoms with Gasteiger partial charge in [0.25, 0.3) is 0 Å². The summed E-state index contributed by atoms with van der Waals surface area (Å²) in [6, 6.07) is 0. The van der Waals surface area contributed by atoms with E-state index in [1.165, 1.54) is 12.8 Å². The molecule has 1 saturated carbocycles. The molecule has 1 N–H and O–H groups in total. The highest BCUT2D eigenvalue weighted by molar-refractivity contribution is 4.90. The molecule has 1 aliphatic heterocycles. The SMILES string of the molecule is CCOC1CCN(CC2CCCC(C)(C)C2O)CC1. The number of piperidine rings is 1. The summed E-state index contributed by atoms with van der Waals surface area (Å²) < 4.78 is 5.70. The van der Waals surface area contributed by atoms with Crippen LogP contribution in [0.25, 0.3) is 0 Å². The van der Waals surface area contributed by atoms with Gasteiger partial charge < -0.3 is 14.7 Å². The number of aliphatic hydroxyl groups excluding tert-OH is 1. The normalized spacial score (nSPS) is 33.5. The smallest absolute Gasteiger partial charge is 0.0631 e. The lowest BCUT2D eigenvalue weighted by Crippen LogP contribution is -2.47. The number of ether oxygens (including phenoxy) is 1. The molecule has 0 amide bonds. The van der Waals surface area contributed by atoms with E-state index in [0.29, 0.717) is 12.0 Å². The Morgan fingerprint density at radius 1 is 1.21 bits per heavy atom. The fourth-order valence-electron chi connectivity index (χ4n) is 3.78. The second kappa shape index (κ2) is 6.55. The molecule has 1 saturated heterocycles. The van der Waals surface area contributed by atoms with Gasteiger partial charge in [-0.25, -0.2) is 0 Å². The Hall–Kier alpha value is -0.120. The van der Waals surface area contributed by atoms with Gasteiger partial charge in [0.15, 0.2) is 0 Å². The molecule has 2 aliphatic rings. The molecule has 2 fully saturated rings. The molecule has 3 nitrogen and oxygen atoms in total. The lowest BCUT2D eigenvalue weighted by Gasteiger charge is -2.43. The van der Waals surface area contributed by atoms with E-state index >= 15 is 0 Å². The van der Waals surface area contributed by atoms with E-state index in [2.05, 4.69) is 25.7 Å². The van der Waals surface area contributed by atoms with E-state index in [4.69, 9.17) is 4.74 Å². The molecule has 2 atom stereocenters. The number of likely N-dealkylation sites (tertiary alicyclic amines) is 1. The van der Waals surface area contributed by atoms with Crippen LogP contribution in [-0.2, 0) is 4.74 Å². The highest BCUT2D eigenvalue weighted by Gasteiger charge is 2.38. The number of hydrogen-bond acceptors (Lipinski definition) is 3. The molecule has 1 heterocycles. The third kappa shape index (κ3) is 3.93. The van der Waals surface area contributed by atoms with Crippen molar-refractivity contribution in [1.29, 1.82) is 0 Å². The molecule has 0 bridgehead atoms. The van der Waals surface area contributed by atoms with Gasteiger partial charge in [0.05, 0.1) is 12.2 Å². The average Bonchev–Trinajstić information content (AvgIpc) is 2.38. The lowest BCUT2D eigenvalue weighted by molar-refractivity contribution is -0.0513. The van der Waals surface area contributed by atoms with Crippen LogP contribution in [0.15, 0.2) is 0 Å². The van der Waals surface area contributed by atoms with Crippen LogP contribution in [0.3, 0.4) is 0 Å². The number of aliphatic hydroxyl groups is 1. The Bertz CT molecular complexity index is 272. The molecule has 0 aromatic carbocycles. The van der Waals surface area contributed by atoms with Gasteiger partial charge in [0.1, 0.15) is 0 Å². The van der Waals surface area contributed by atoms with Crippen molar-refractivity contribution in [2.75, 3.05) is 26.2 Å². The number of hydrogen-bond donors (Lipinski definition) is 1. The van der Waals surface area contributed by atoms with Gasteiger partial charge in [-0.3, -0.25) is 0 Å². The van der Waals surface area contributed by atoms with Crippen LogP contribution in [-0.4, -0.2) is 48.5 Å². The molecule has 0 radical (unpaired) electrons. The van der Waals surface area contributed by atoms with Gasteiger partial charge in [-0.1, -0.05) is 20.3 Å². The summed E-state index contributed by atoms with van der Waals surface area (Å²) >= 11 is 0. The van der Waals surface area contributed by atoms with Crippen LogP contribution in [0, 0.1) is 11.3 Å². The largest absolute Gasteiger partial charge is 0.392 e. The van der Waals surface area contributed by atoms with E-state index in [0.717, 1.165) is 45.5 Å². The van der Waals surface area contributed by atoms with Crippen LogP contribution in [0.4, 0.5) is 0 Å². The number of nitrogens with zero attached hydrogens (tertiary/aromatic N) is 1.